The molecule has 0 aromatic heterocycles. The zero-order valence-corrected chi connectivity index (χ0v) is 10.7. The van der Waals surface area contributed by atoms with Gasteiger partial charge in [0.05, 0.1) is 6.04 Å². The fourth-order valence-corrected chi connectivity index (χ4v) is 2.90. The molecule has 2 N–H and O–H groups in total. The molecule has 0 saturated carbocycles. The molecule has 2 heterocycles. The third kappa shape index (κ3) is 3.02. The van der Waals surface area contributed by atoms with Gasteiger partial charge in [-0.1, -0.05) is 19.3 Å². The Morgan fingerprint density at radius 1 is 1.06 bits per heavy atom. The molecule has 0 aliphatic carbocycles. The maximum Gasteiger partial charge on any atom is 0.326 e. The number of carbonyl (C=O) groups excluding carboxylic acids is 1. The maximum atomic E-state index is 12.4. The molecule has 1 unspecified atom stereocenters. The first-order valence-corrected chi connectivity index (χ1v) is 6.97. The third-order valence-electron chi connectivity index (χ3n) is 3.93. The quantitative estimate of drug-likeness (QED) is 0.771. The van der Waals surface area contributed by atoms with E-state index in [0.717, 1.165) is 45.1 Å². The van der Waals surface area contributed by atoms with Gasteiger partial charge in [0.25, 0.3) is 0 Å². The Kier molecular flexibility index (Phi) is 4.58. The van der Waals surface area contributed by atoms with Crippen LogP contribution in [-0.2, 0) is 9.59 Å². The summed E-state index contributed by atoms with van der Waals surface area (Å²) in [6.45, 7) is 1.45. The van der Waals surface area contributed by atoms with Crippen LogP contribution in [0.5, 0.6) is 0 Å². The van der Waals surface area contributed by atoms with Crippen LogP contribution in [0.15, 0.2) is 0 Å². The lowest BCUT2D eigenvalue weighted by molar-refractivity contribution is -0.151. The van der Waals surface area contributed by atoms with E-state index >= 15 is 0 Å². The molecule has 102 valence electrons. The molecule has 0 radical (unpaired) electrons. The fraction of sp³-hybridized carbons (Fsp3) is 0.846. The van der Waals surface area contributed by atoms with Crippen LogP contribution < -0.4 is 5.32 Å². The molecule has 18 heavy (non-hydrogen) atoms. The van der Waals surface area contributed by atoms with Crippen molar-refractivity contribution in [1.82, 2.24) is 10.2 Å². The highest BCUT2D eigenvalue weighted by Gasteiger charge is 2.34. The fourth-order valence-electron chi connectivity index (χ4n) is 2.90. The van der Waals surface area contributed by atoms with Crippen molar-refractivity contribution in [3.8, 4) is 0 Å². The number of hydrogen-bond acceptors (Lipinski definition) is 3. The normalized spacial score (nSPS) is 29.7. The van der Waals surface area contributed by atoms with Gasteiger partial charge < -0.3 is 15.3 Å². The summed E-state index contributed by atoms with van der Waals surface area (Å²) >= 11 is 0. The van der Waals surface area contributed by atoms with Crippen molar-refractivity contribution in [1.29, 1.82) is 0 Å². The molecule has 0 spiro atoms. The Balaban J connectivity index is 2.07. The monoisotopic (exact) mass is 254 g/mol. The maximum absolute atomic E-state index is 12.4. The van der Waals surface area contributed by atoms with Crippen molar-refractivity contribution in [2.45, 2.75) is 57.0 Å². The lowest BCUT2D eigenvalue weighted by atomic mass is 10.0. The Hall–Kier alpha value is -1.10. The molecule has 1 amide bonds. The second kappa shape index (κ2) is 6.18. The van der Waals surface area contributed by atoms with E-state index in [-0.39, 0.29) is 11.9 Å². The minimum absolute atomic E-state index is 0.0122. The number of hydrogen-bond donors (Lipinski definition) is 2. The van der Waals surface area contributed by atoms with Gasteiger partial charge in [0.2, 0.25) is 5.91 Å². The first kappa shape index (κ1) is 13.3. The highest BCUT2D eigenvalue weighted by molar-refractivity contribution is 5.87. The number of aliphatic carboxylic acids is 1. The van der Waals surface area contributed by atoms with Crippen LogP contribution in [0.3, 0.4) is 0 Å². The number of carboxylic acids is 1. The molecule has 2 fully saturated rings. The number of likely N-dealkylation sites (tertiary alicyclic amines) is 1. The van der Waals surface area contributed by atoms with E-state index in [1.807, 2.05) is 0 Å². The van der Waals surface area contributed by atoms with Gasteiger partial charge in [0, 0.05) is 6.54 Å². The molecule has 2 aliphatic heterocycles. The minimum atomic E-state index is -0.858. The summed E-state index contributed by atoms with van der Waals surface area (Å²) in [6, 6.07) is -0.786. The van der Waals surface area contributed by atoms with Crippen molar-refractivity contribution in [2.75, 3.05) is 13.1 Å². The first-order valence-electron chi connectivity index (χ1n) is 6.97. The van der Waals surface area contributed by atoms with Crippen molar-refractivity contribution < 1.29 is 14.7 Å². The van der Waals surface area contributed by atoms with E-state index in [4.69, 9.17) is 0 Å². The average molecular weight is 254 g/mol. The predicted octanol–water partition coefficient (Wildman–Crippen LogP) is 0.984. The Labute approximate surface area is 108 Å². The molecule has 5 heteroatoms. The SMILES string of the molecule is O=C(O)C1CCCCCCN1C(=O)[C@H]1CCCN1. The predicted molar refractivity (Wildman–Crippen MR) is 67.2 cm³/mol. The standard InChI is InChI=1S/C13H22N2O3/c16-12(10-6-5-8-14-10)15-9-4-2-1-3-7-11(15)13(17)18/h10-11,14H,1-9H2,(H,17,18)/t10-,11?/m1/s1. The van der Waals surface area contributed by atoms with E-state index in [2.05, 4.69) is 5.32 Å². The van der Waals surface area contributed by atoms with Crippen molar-refractivity contribution >= 4 is 11.9 Å². The average Bonchev–Trinajstić information content (AvgIpc) is 2.80. The summed E-state index contributed by atoms with van der Waals surface area (Å²) in [5, 5.41) is 12.5. The number of carboxylic acid groups (broad SMARTS) is 1. The molecule has 2 rings (SSSR count). The lowest BCUT2D eigenvalue weighted by Crippen LogP contribution is -2.52. The summed E-state index contributed by atoms with van der Waals surface area (Å²) in [6.07, 6.45) is 6.42. The summed E-state index contributed by atoms with van der Waals surface area (Å²) in [7, 11) is 0. The molecule has 0 aromatic carbocycles. The molecular weight excluding hydrogens is 232 g/mol. The summed E-state index contributed by atoms with van der Waals surface area (Å²) in [5.74, 6) is -0.870. The summed E-state index contributed by atoms with van der Waals surface area (Å²) in [5.41, 5.74) is 0. The number of carbonyl (C=O) groups is 2. The molecule has 5 nitrogen and oxygen atoms in total. The van der Waals surface area contributed by atoms with Gasteiger partial charge in [0.15, 0.2) is 0 Å². The van der Waals surface area contributed by atoms with Crippen LogP contribution in [0.4, 0.5) is 0 Å². The number of nitrogens with one attached hydrogen (secondary N) is 1. The van der Waals surface area contributed by atoms with E-state index < -0.39 is 12.0 Å². The second-order valence-electron chi connectivity index (χ2n) is 5.24. The Morgan fingerprint density at radius 2 is 1.83 bits per heavy atom. The highest BCUT2D eigenvalue weighted by Crippen LogP contribution is 2.19. The number of amides is 1. The van der Waals surface area contributed by atoms with E-state index in [9.17, 15) is 14.7 Å². The topological polar surface area (TPSA) is 69.6 Å². The van der Waals surface area contributed by atoms with Crippen LogP contribution in [0.1, 0.15) is 44.9 Å². The molecule has 0 bridgehead atoms. The zero-order chi connectivity index (χ0) is 13.0. The first-order chi connectivity index (χ1) is 8.70. The second-order valence-corrected chi connectivity index (χ2v) is 5.24. The molecule has 2 aliphatic rings. The zero-order valence-electron chi connectivity index (χ0n) is 10.7. The van der Waals surface area contributed by atoms with Gasteiger partial charge in [-0.05, 0) is 32.2 Å². The van der Waals surface area contributed by atoms with Crippen molar-refractivity contribution in [3.63, 3.8) is 0 Å². The van der Waals surface area contributed by atoms with Crippen molar-refractivity contribution in [3.05, 3.63) is 0 Å². The Bertz CT molecular complexity index is 313. The summed E-state index contributed by atoms with van der Waals surface area (Å²) in [4.78, 5) is 25.3. The molecule has 2 atom stereocenters. The molecular formula is C13H22N2O3. The largest absolute Gasteiger partial charge is 0.480 e. The van der Waals surface area contributed by atoms with Gasteiger partial charge in [-0.2, -0.15) is 0 Å². The highest BCUT2D eigenvalue weighted by atomic mass is 16.4. The lowest BCUT2D eigenvalue weighted by Gasteiger charge is -2.32. The van der Waals surface area contributed by atoms with Crippen molar-refractivity contribution in [2.24, 2.45) is 0 Å². The Morgan fingerprint density at radius 3 is 2.50 bits per heavy atom. The molecule has 2 saturated heterocycles. The van der Waals surface area contributed by atoms with Gasteiger partial charge in [0.1, 0.15) is 6.04 Å². The van der Waals surface area contributed by atoms with E-state index in [1.165, 1.54) is 0 Å². The van der Waals surface area contributed by atoms with E-state index in [1.54, 1.807) is 4.90 Å². The smallest absolute Gasteiger partial charge is 0.326 e. The number of nitrogens with zero attached hydrogens (tertiary/aromatic N) is 1. The molecule has 0 aromatic rings. The number of rotatable bonds is 2. The van der Waals surface area contributed by atoms with Gasteiger partial charge in [-0.15, -0.1) is 0 Å². The van der Waals surface area contributed by atoms with Crippen LogP contribution in [0, 0.1) is 0 Å². The third-order valence-corrected chi connectivity index (χ3v) is 3.93. The van der Waals surface area contributed by atoms with Gasteiger partial charge >= 0.3 is 5.97 Å². The van der Waals surface area contributed by atoms with E-state index in [0.29, 0.717) is 13.0 Å². The van der Waals surface area contributed by atoms with Crippen LogP contribution >= 0.6 is 0 Å². The van der Waals surface area contributed by atoms with Gasteiger partial charge in [-0.25, -0.2) is 4.79 Å². The van der Waals surface area contributed by atoms with Gasteiger partial charge in [-0.3, -0.25) is 4.79 Å². The summed E-state index contributed by atoms with van der Waals surface area (Å²) < 4.78 is 0. The van der Waals surface area contributed by atoms with Crippen LogP contribution in [-0.4, -0.2) is 47.1 Å². The minimum Gasteiger partial charge on any atom is -0.480 e. The van der Waals surface area contributed by atoms with Crippen LogP contribution in [0.2, 0.25) is 0 Å². The van der Waals surface area contributed by atoms with Crippen LogP contribution in [0.25, 0.3) is 0 Å².